The normalized spacial score (nSPS) is 14.9. The third kappa shape index (κ3) is 4.28. The Balaban J connectivity index is 2.79. The molecule has 0 aliphatic heterocycles. The molecule has 0 amide bonds. The molecular weight excluding hydrogens is 296 g/mol. The number of hydrogen-bond donors (Lipinski definition) is 1. The SMILES string of the molecule is CSCC(C)N(C)C(CN)c1ccc(Br)cc1. The van der Waals surface area contributed by atoms with Crippen LogP contribution < -0.4 is 5.73 Å². The van der Waals surface area contributed by atoms with E-state index in [1.807, 2.05) is 11.8 Å². The number of nitrogens with two attached hydrogens (primary N) is 1. The Morgan fingerprint density at radius 3 is 2.41 bits per heavy atom. The van der Waals surface area contributed by atoms with Gasteiger partial charge in [-0.15, -0.1) is 0 Å². The molecule has 2 N–H and O–H groups in total. The van der Waals surface area contributed by atoms with Crippen molar-refractivity contribution in [3.8, 4) is 0 Å². The van der Waals surface area contributed by atoms with Crippen LogP contribution in [-0.4, -0.2) is 36.5 Å². The predicted octanol–water partition coefficient (Wildman–Crippen LogP) is 3.13. The van der Waals surface area contributed by atoms with Crippen molar-refractivity contribution in [1.82, 2.24) is 4.90 Å². The third-order valence-electron chi connectivity index (χ3n) is 3.07. The quantitative estimate of drug-likeness (QED) is 0.874. The van der Waals surface area contributed by atoms with E-state index in [1.165, 1.54) is 5.56 Å². The third-order valence-corrected chi connectivity index (χ3v) is 4.42. The molecule has 0 aliphatic rings. The number of benzene rings is 1. The molecule has 2 nitrogen and oxygen atoms in total. The van der Waals surface area contributed by atoms with Gasteiger partial charge in [-0.05, 0) is 37.9 Å². The van der Waals surface area contributed by atoms with Gasteiger partial charge in [-0.2, -0.15) is 11.8 Å². The summed E-state index contributed by atoms with van der Waals surface area (Å²) in [6.07, 6.45) is 2.14. The number of nitrogens with zero attached hydrogens (tertiary/aromatic N) is 1. The van der Waals surface area contributed by atoms with Gasteiger partial charge in [0.1, 0.15) is 0 Å². The molecule has 0 bridgehead atoms. The van der Waals surface area contributed by atoms with Crippen molar-refractivity contribution in [2.45, 2.75) is 19.0 Å². The van der Waals surface area contributed by atoms with Crippen LogP contribution in [-0.2, 0) is 0 Å². The van der Waals surface area contributed by atoms with E-state index < -0.39 is 0 Å². The monoisotopic (exact) mass is 316 g/mol. The molecule has 0 heterocycles. The van der Waals surface area contributed by atoms with Gasteiger partial charge in [-0.3, -0.25) is 4.90 Å². The van der Waals surface area contributed by atoms with Crippen LogP contribution in [0, 0.1) is 0 Å². The van der Waals surface area contributed by atoms with E-state index in [0.717, 1.165) is 10.2 Å². The standard InChI is InChI=1S/C13H21BrN2S/c1-10(9-17-3)16(2)13(8-15)11-4-6-12(14)7-5-11/h4-7,10,13H,8-9,15H2,1-3H3. The lowest BCUT2D eigenvalue weighted by Crippen LogP contribution is -2.38. The molecule has 0 aliphatic carbocycles. The molecule has 4 heteroatoms. The fraction of sp³-hybridized carbons (Fsp3) is 0.538. The van der Waals surface area contributed by atoms with Crippen LogP contribution >= 0.6 is 27.7 Å². The van der Waals surface area contributed by atoms with E-state index in [0.29, 0.717) is 18.6 Å². The Morgan fingerprint density at radius 1 is 1.35 bits per heavy atom. The second-order valence-electron chi connectivity index (χ2n) is 4.27. The summed E-state index contributed by atoms with van der Waals surface area (Å²) in [5.74, 6) is 1.13. The minimum absolute atomic E-state index is 0.297. The van der Waals surface area contributed by atoms with E-state index in [2.05, 4.69) is 65.3 Å². The van der Waals surface area contributed by atoms with Gasteiger partial charge in [-0.1, -0.05) is 28.1 Å². The summed E-state index contributed by atoms with van der Waals surface area (Å²) < 4.78 is 1.11. The number of halogens is 1. The van der Waals surface area contributed by atoms with Gasteiger partial charge in [0, 0.05) is 28.9 Å². The van der Waals surface area contributed by atoms with E-state index in [-0.39, 0.29) is 0 Å². The molecule has 17 heavy (non-hydrogen) atoms. The first-order valence-corrected chi connectivity index (χ1v) is 7.95. The topological polar surface area (TPSA) is 29.3 Å². The summed E-state index contributed by atoms with van der Waals surface area (Å²) in [5, 5.41) is 0. The van der Waals surface area contributed by atoms with Crippen LogP contribution in [0.1, 0.15) is 18.5 Å². The summed E-state index contributed by atoms with van der Waals surface area (Å²) in [7, 11) is 2.15. The van der Waals surface area contributed by atoms with Crippen molar-refractivity contribution in [1.29, 1.82) is 0 Å². The first-order chi connectivity index (χ1) is 8.10. The zero-order valence-corrected chi connectivity index (χ0v) is 13.1. The first kappa shape index (κ1) is 15.0. The second kappa shape index (κ2) is 7.41. The zero-order valence-electron chi connectivity index (χ0n) is 10.7. The van der Waals surface area contributed by atoms with E-state index in [4.69, 9.17) is 5.73 Å². The Kier molecular flexibility index (Phi) is 6.55. The van der Waals surface area contributed by atoms with Gasteiger partial charge < -0.3 is 5.73 Å². The van der Waals surface area contributed by atoms with Crippen molar-refractivity contribution in [3.05, 3.63) is 34.3 Å². The molecule has 1 aromatic rings. The molecule has 2 atom stereocenters. The largest absolute Gasteiger partial charge is 0.329 e. The molecule has 2 unspecified atom stereocenters. The number of likely N-dealkylation sites (N-methyl/N-ethyl adjacent to an activating group) is 1. The average Bonchev–Trinajstić information content (AvgIpc) is 2.32. The zero-order chi connectivity index (χ0) is 12.8. The maximum Gasteiger partial charge on any atom is 0.0470 e. The highest BCUT2D eigenvalue weighted by Crippen LogP contribution is 2.23. The molecule has 0 aromatic heterocycles. The molecule has 1 aromatic carbocycles. The van der Waals surface area contributed by atoms with Crippen molar-refractivity contribution in [2.75, 3.05) is 25.6 Å². The fourth-order valence-corrected chi connectivity index (χ4v) is 2.87. The highest BCUT2D eigenvalue weighted by atomic mass is 79.9. The Morgan fingerprint density at radius 2 is 1.94 bits per heavy atom. The van der Waals surface area contributed by atoms with Crippen molar-refractivity contribution >= 4 is 27.7 Å². The van der Waals surface area contributed by atoms with E-state index >= 15 is 0 Å². The minimum Gasteiger partial charge on any atom is -0.329 e. The van der Waals surface area contributed by atoms with Crippen LogP contribution in [0.3, 0.4) is 0 Å². The summed E-state index contributed by atoms with van der Waals surface area (Å²) in [6, 6.07) is 9.26. The van der Waals surface area contributed by atoms with Gasteiger partial charge in [-0.25, -0.2) is 0 Å². The van der Waals surface area contributed by atoms with Crippen LogP contribution in [0.5, 0.6) is 0 Å². The summed E-state index contributed by atoms with van der Waals surface area (Å²) >= 11 is 5.33. The average molecular weight is 317 g/mol. The highest BCUT2D eigenvalue weighted by Gasteiger charge is 2.19. The summed E-state index contributed by atoms with van der Waals surface area (Å²) in [5.41, 5.74) is 7.20. The number of thioether (sulfide) groups is 1. The van der Waals surface area contributed by atoms with Gasteiger partial charge >= 0.3 is 0 Å². The van der Waals surface area contributed by atoms with Gasteiger partial charge in [0.25, 0.3) is 0 Å². The van der Waals surface area contributed by atoms with Crippen molar-refractivity contribution in [2.24, 2.45) is 5.73 Å². The first-order valence-electron chi connectivity index (χ1n) is 5.76. The Bertz CT molecular complexity index is 329. The molecule has 0 saturated carbocycles. The van der Waals surface area contributed by atoms with E-state index in [1.54, 1.807) is 0 Å². The Labute approximate surface area is 117 Å². The van der Waals surface area contributed by atoms with Gasteiger partial charge in [0.15, 0.2) is 0 Å². The lowest BCUT2D eigenvalue weighted by atomic mass is 10.0. The molecule has 96 valence electrons. The van der Waals surface area contributed by atoms with Gasteiger partial charge in [0.05, 0.1) is 0 Å². The molecular formula is C13H21BrN2S. The summed E-state index contributed by atoms with van der Waals surface area (Å²) in [6.45, 7) is 2.90. The van der Waals surface area contributed by atoms with Crippen LogP contribution in [0.4, 0.5) is 0 Å². The van der Waals surface area contributed by atoms with Crippen molar-refractivity contribution < 1.29 is 0 Å². The smallest absolute Gasteiger partial charge is 0.0470 e. The molecule has 0 saturated heterocycles. The van der Waals surface area contributed by atoms with E-state index in [9.17, 15) is 0 Å². The van der Waals surface area contributed by atoms with Crippen molar-refractivity contribution in [3.63, 3.8) is 0 Å². The summed E-state index contributed by atoms with van der Waals surface area (Å²) in [4.78, 5) is 2.36. The highest BCUT2D eigenvalue weighted by molar-refractivity contribution is 9.10. The van der Waals surface area contributed by atoms with Gasteiger partial charge in [0.2, 0.25) is 0 Å². The lowest BCUT2D eigenvalue weighted by Gasteiger charge is -2.32. The predicted molar refractivity (Wildman–Crippen MR) is 81.5 cm³/mol. The fourth-order valence-electron chi connectivity index (χ4n) is 1.89. The molecule has 1 rings (SSSR count). The number of hydrogen-bond acceptors (Lipinski definition) is 3. The Hall–Kier alpha value is -0.0300. The molecule has 0 radical (unpaired) electrons. The minimum atomic E-state index is 0.297. The van der Waals surface area contributed by atoms with Crippen LogP contribution in [0.25, 0.3) is 0 Å². The van der Waals surface area contributed by atoms with Crippen LogP contribution in [0.2, 0.25) is 0 Å². The maximum atomic E-state index is 5.92. The maximum absolute atomic E-state index is 5.92. The lowest BCUT2D eigenvalue weighted by molar-refractivity contribution is 0.204. The van der Waals surface area contributed by atoms with Crippen LogP contribution in [0.15, 0.2) is 28.7 Å². The molecule has 0 fully saturated rings. The second-order valence-corrected chi connectivity index (χ2v) is 6.10. The molecule has 0 spiro atoms. The number of rotatable bonds is 6.